The maximum absolute atomic E-state index is 10.8. The Morgan fingerprint density at radius 2 is 1.89 bits per heavy atom. The van der Waals surface area contributed by atoms with Crippen LogP contribution in [0, 0.1) is 29.1 Å². The Morgan fingerprint density at radius 1 is 1.28 bits per heavy atom. The highest BCUT2D eigenvalue weighted by Gasteiger charge is 2.64. The van der Waals surface area contributed by atoms with Crippen molar-refractivity contribution in [3.8, 4) is 0 Å². The van der Waals surface area contributed by atoms with Crippen LogP contribution in [0.1, 0.15) is 52.9 Å². The molecular weight excluding hydrogens is 226 g/mol. The van der Waals surface area contributed by atoms with Crippen LogP contribution in [0.15, 0.2) is 0 Å². The maximum Gasteiger partial charge on any atom is 0.303 e. The van der Waals surface area contributed by atoms with Gasteiger partial charge in [-0.3, -0.25) is 4.79 Å². The molecule has 3 aliphatic rings. The summed E-state index contributed by atoms with van der Waals surface area (Å²) in [5, 5.41) is 8.88. The summed E-state index contributed by atoms with van der Waals surface area (Å²) in [5.74, 6) is 2.34. The number of fused-ring (bicyclic) bond motifs is 1. The number of nitrogens with two attached hydrogens (primary N) is 1. The van der Waals surface area contributed by atoms with Crippen LogP contribution >= 0.6 is 0 Å². The molecule has 3 aliphatic carbocycles. The Labute approximate surface area is 111 Å². The highest BCUT2D eigenvalue weighted by Crippen LogP contribution is 2.71. The van der Waals surface area contributed by atoms with Crippen molar-refractivity contribution < 1.29 is 9.90 Å². The maximum atomic E-state index is 10.8. The zero-order valence-corrected chi connectivity index (χ0v) is 12.3. The minimum Gasteiger partial charge on any atom is -0.481 e. The van der Waals surface area contributed by atoms with E-state index in [-0.39, 0.29) is 0 Å². The summed E-state index contributed by atoms with van der Waals surface area (Å²) < 4.78 is 0. The van der Waals surface area contributed by atoms with E-state index < -0.39 is 5.97 Å². The van der Waals surface area contributed by atoms with E-state index >= 15 is 0 Å². The van der Waals surface area contributed by atoms with Crippen molar-refractivity contribution in [2.75, 3.05) is 7.05 Å². The van der Waals surface area contributed by atoms with E-state index in [4.69, 9.17) is 5.11 Å². The van der Waals surface area contributed by atoms with Gasteiger partial charge in [0.25, 0.3) is 0 Å². The zero-order valence-electron chi connectivity index (χ0n) is 12.3. The molecule has 3 nitrogen and oxygen atoms in total. The summed E-state index contributed by atoms with van der Waals surface area (Å²) in [7, 11) is 1.50. The Balaban J connectivity index is 0.000000371. The number of carboxylic acids is 1. The lowest BCUT2D eigenvalue weighted by atomic mass is 9.46. The third-order valence-electron chi connectivity index (χ3n) is 5.34. The highest BCUT2D eigenvalue weighted by atomic mass is 16.4. The third-order valence-corrected chi connectivity index (χ3v) is 5.34. The van der Waals surface area contributed by atoms with Gasteiger partial charge in [-0.15, -0.1) is 0 Å². The first-order valence-corrected chi connectivity index (χ1v) is 7.41. The smallest absolute Gasteiger partial charge is 0.303 e. The van der Waals surface area contributed by atoms with Crippen LogP contribution in [0.3, 0.4) is 0 Å². The predicted octanol–water partition coefficient (Wildman–Crippen LogP) is 3.13. The first-order chi connectivity index (χ1) is 8.61. The summed E-state index contributed by atoms with van der Waals surface area (Å²) in [4.78, 5) is 10.8. The first kappa shape index (κ1) is 15.5. The van der Waals surface area contributed by atoms with Gasteiger partial charge >= 0.3 is 5.97 Å². The summed E-state index contributed by atoms with van der Waals surface area (Å²) in [6.07, 6.45) is 5.81. The number of hydrogen-bond acceptors (Lipinski definition) is 2. The van der Waals surface area contributed by atoms with Gasteiger partial charge in [-0.2, -0.15) is 0 Å². The first-order valence-electron chi connectivity index (χ1n) is 7.41. The molecule has 0 saturated heterocycles. The highest BCUT2D eigenvalue weighted by molar-refractivity contribution is 5.67. The molecule has 0 heterocycles. The second-order valence-electron chi connectivity index (χ2n) is 5.86. The van der Waals surface area contributed by atoms with E-state index in [0.29, 0.717) is 17.8 Å². The number of carbonyl (C=O) groups is 1. The molecule has 0 amide bonds. The van der Waals surface area contributed by atoms with E-state index in [1.165, 1.54) is 32.7 Å². The summed E-state index contributed by atoms with van der Waals surface area (Å²) in [6.45, 7) is 6.40. The van der Waals surface area contributed by atoms with Crippen molar-refractivity contribution in [3.05, 3.63) is 0 Å². The molecule has 0 aliphatic heterocycles. The normalized spacial score (nSPS) is 42.7. The van der Waals surface area contributed by atoms with Crippen molar-refractivity contribution >= 4 is 5.97 Å². The van der Waals surface area contributed by atoms with Crippen molar-refractivity contribution in [1.29, 1.82) is 0 Å². The minimum absolute atomic E-state index is 0.428. The van der Waals surface area contributed by atoms with Crippen LogP contribution in [-0.4, -0.2) is 18.1 Å². The average molecular weight is 255 g/mol. The Bertz CT molecular complexity index is 284. The summed E-state index contributed by atoms with van der Waals surface area (Å²) in [5.41, 5.74) is 5.04. The second kappa shape index (κ2) is 6.05. The molecule has 3 unspecified atom stereocenters. The molecule has 3 fully saturated rings. The molecule has 106 valence electrons. The van der Waals surface area contributed by atoms with Gasteiger partial charge in [-0.25, -0.2) is 0 Å². The molecule has 5 atom stereocenters. The molecule has 0 radical (unpaired) electrons. The number of rotatable bonds is 2. The average Bonchev–Trinajstić information content (AvgIpc) is 2.51. The molecule has 0 spiro atoms. The van der Waals surface area contributed by atoms with E-state index in [0.717, 1.165) is 17.8 Å². The Morgan fingerprint density at radius 3 is 2.44 bits per heavy atom. The lowest BCUT2D eigenvalue weighted by Gasteiger charge is -2.58. The fourth-order valence-corrected chi connectivity index (χ4v) is 4.89. The van der Waals surface area contributed by atoms with Crippen LogP contribution in [0.4, 0.5) is 0 Å². The predicted molar refractivity (Wildman–Crippen MR) is 74.2 cm³/mol. The second-order valence-corrected chi connectivity index (χ2v) is 5.86. The van der Waals surface area contributed by atoms with Crippen molar-refractivity contribution in [2.24, 2.45) is 34.8 Å². The molecule has 3 rings (SSSR count). The molecule has 3 N–H and O–H groups in total. The van der Waals surface area contributed by atoms with E-state index in [1.807, 2.05) is 13.8 Å². The SMILES string of the molecule is CC.CC12CC3CC[C@@H]1[C@H](CC(=O)O)C2C3.CN. The van der Waals surface area contributed by atoms with Gasteiger partial charge in [-0.1, -0.05) is 27.2 Å². The minimum atomic E-state index is -0.590. The third kappa shape index (κ3) is 2.29. The monoisotopic (exact) mass is 255 g/mol. The standard InChI is InChI=1S/C12H18O2.C2H6.CH5N/c1-12-6-7-2-3-9(12)8(5-11(13)14)10(12)4-7;2*1-2/h7-10H,2-6H2,1H3,(H,13,14);1-2H3;2H2,1H3/t7?,8-,9+,10?,12?;;/m0../s1. The van der Waals surface area contributed by atoms with Crippen LogP contribution in [-0.2, 0) is 4.79 Å². The topological polar surface area (TPSA) is 63.3 Å². The fourth-order valence-electron chi connectivity index (χ4n) is 4.89. The van der Waals surface area contributed by atoms with Crippen molar-refractivity contribution in [3.63, 3.8) is 0 Å². The van der Waals surface area contributed by atoms with Gasteiger partial charge in [0, 0.05) is 6.42 Å². The quantitative estimate of drug-likeness (QED) is 0.796. The van der Waals surface area contributed by atoms with Crippen LogP contribution in [0.5, 0.6) is 0 Å². The molecule has 3 saturated carbocycles. The molecule has 18 heavy (non-hydrogen) atoms. The van der Waals surface area contributed by atoms with Gasteiger partial charge < -0.3 is 10.8 Å². The molecule has 0 aromatic carbocycles. The summed E-state index contributed by atoms with van der Waals surface area (Å²) in [6, 6.07) is 0. The largest absolute Gasteiger partial charge is 0.481 e. The van der Waals surface area contributed by atoms with E-state index in [1.54, 1.807) is 0 Å². The number of hydrogen-bond donors (Lipinski definition) is 2. The molecule has 3 heteroatoms. The van der Waals surface area contributed by atoms with Crippen LogP contribution in [0.25, 0.3) is 0 Å². The number of aliphatic carboxylic acids is 1. The van der Waals surface area contributed by atoms with Gasteiger partial charge in [0.15, 0.2) is 0 Å². The number of carboxylic acid groups (broad SMARTS) is 1. The van der Waals surface area contributed by atoms with E-state index in [2.05, 4.69) is 12.7 Å². The van der Waals surface area contributed by atoms with Crippen LogP contribution in [0.2, 0.25) is 0 Å². The fraction of sp³-hybridized carbons (Fsp3) is 0.933. The van der Waals surface area contributed by atoms with E-state index in [9.17, 15) is 4.79 Å². The van der Waals surface area contributed by atoms with Gasteiger partial charge in [0.2, 0.25) is 0 Å². The van der Waals surface area contributed by atoms with Crippen molar-refractivity contribution in [1.82, 2.24) is 0 Å². The zero-order chi connectivity index (χ0) is 13.9. The molecule has 0 aromatic rings. The molecular formula is C15H29NO2. The lowest BCUT2D eigenvalue weighted by molar-refractivity contribution is -0.150. The van der Waals surface area contributed by atoms with Gasteiger partial charge in [0.1, 0.15) is 0 Å². The Hall–Kier alpha value is -0.570. The molecule has 0 aromatic heterocycles. The summed E-state index contributed by atoms with van der Waals surface area (Å²) >= 11 is 0. The van der Waals surface area contributed by atoms with Crippen LogP contribution < -0.4 is 5.73 Å². The van der Waals surface area contributed by atoms with Gasteiger partial charge in [0.05, 0.1) is 0 Å². The Kier molecular flexibility index (Phi) is 5.20. The molecule has 2 bridgehead atoms. The van der Waals surface area contributed by atoms with Crippen molar-refractivity contribution in [2.45, 2.75) is 52.9 Å². The lowest BCUT2D eigenvalue weighted by Crippen LogP contribution is -2.53. The van der Waals surface area contributed by atoms with Gasteiger partial charge in [-0.05, 0) is 55.4 Å².